The summed E-state index contributed by atoms with van der Waals surface area (Å²) in [5.74, 6) is -0.0584. The fourth-order valence-corrected chi connectivity index (χ4v) is 2.64. The molecule has 2 rings (SSSR count). The molecule has 0 radical (unpaired) electrons. The van der Waals surface area contributed by atoms with Crippen molar-refractivity contribution < 1.29 is 4.79 Å². The summed E-state index contributed by atoms with van der Waals surface area (Å²) in [6.07, 6.45) is 0. The van der Waals surface area contributed by atoms with E-state index in [1.54, 1.807) is 0 Å². The van der Waals surface area contributed by atoms with E-state index >= 15 is 0 Å². The van der Waals surface area contributed by atoms with E-state index in [-0.39, 0.29) is 21.2 Å². The van der Waals surface area contributed by atoms with Crippen LogP contribution < -0.4 is 9.67 Å². The minimum atomic E-state index is -0.0584. The summed E-state index contributed by atoms with van der Waals surface area (Å²) in [6, 6.07) is 9.67. The van der Waals surface area contributed by atoms with Gasteiger partial charge in [0.15, 0.2) is 0 Å². The molecule has 0 aliphatic carbocycles. The van der Waals surface area contributed by atoms with Crippen molar-refractivity contribution in [3.63, 3.8) is 0 Å². The van der Waals surface area contributed by atoms with Gasteiger partial charge >= 0.3 is 105 Å². The van der Waals surface area contributed by atoms with Gasteiger partial charge in [0, 0.05) is 0 Å². The van der Waals surface area contributed by atoms with Crippen molar-refractivity contribution in [3.05, 3.63) is 46.7 Å². The summed E-state index contributed by atoms with van der Waals surface area (Å²) >= 11 is 1.53. The third-order valence-corrected chi connectivity index (χ3v) is 4.17. The van der Waals surface area contributed by atoms with E-state index < -0.39 is 0 Å². The molecular weight excluding hydrogens is 281 g/mol. The molecule has 1 heterocycles. The van der Waals surface area contributed by atoms with Gasteiger partial charge in [0.05, 0.1) is 0 Å². The second-order valence-electron chi connectivity index (χ2n) is 3.17. The first-order valence-electron chi connectivity index (χ1n) is 4.70. The van der Waals surface area contributed by atoms with Gasteiger partial charge in [0.1, 0.15) is 0 Å². The predicted molar refractivity (Wildman–Crippen MR) is 71.2 cm³/mol. The van der Waals surface area contributed by atoms with Crippen LogP contribution in [0.15, 0.2) is 41.1 Å². The van der Waals surface area contributed by atoms with Crippen LogP contribution in [0.1, 0.15) is 10.4 Å². The Morgan fingerprint density at radius 1 is 1.25 bits per heavy atom. The SMILES string of the molecule is C=[As]c1ccc(NC(=O)c2ccsc2)cc1. The van der Waals surface area contributed by atoms with E-state index in [9.17, 15) is 4.79 Å². The first kappa shape index (κ1) is 11.3. The molecule has 0 bridgehead atoms. The monoisotopic (exact) mass is 291 g/mol. The molecule has 0 unspecified atom stereocenters. The van der Waals surface area contributed by atoms with Crippen molar-refractivity contribution >= 4 is 47.9 Å². The second-order valence-corrected chi connectivity index (χ2v) is 5.70. The summed E-state index contributed by atoms with van der Waals surface area (Å²) in [4.78, 5) is 11.7. The van der Waals surface area contributed by atoms with Crippen molar-refractivity contribution in [1.82, 2.24) is 0 Å². The summed E-state index contributed by atoms with van der Waals surface area (Å²) in [7, 11) is 0. The topological polar surface area (TPSA) is 29.1 Å². The van der Waals surface area contributed by atoms with E-state index in [4.69, 9.17) is 0 Å². The third-order valence-electron chi connectivity index (χ3n) is 2.09. The normalized spacial score (nSPS) is 10.2. The van der Waals surface area contributed by atoms with E-state index in [0.29, 0.717) is 5.56 Å². The molecule has 2 nitrogen and oxygen atoms in total. The van der Waals surface area contributed by atoms with Crippen molar-refractivity contribution in [2.24, 2.45) is 0 Å². The third kappa shape index (κ3) is 2.69. The molecule has 1 aromatic heterocycles. The Morgan fingerprint density at radius 3 is 2.56 bits per heavy atom. The van der Waals surface area contributed by atoms with Crippen LogP contribution in [0.5, 0.6) is 0 Å². The van der Waals surface area contributed by atoms with E-state index in [0.717, 1.165) is 5.69 Å². The zero-order valence-corrected chi connectivity index (χ0v) is 11.2. The molecule has 0 fully saturated rings. The van der Waals surface area contributed by atoms with Gasteiger partial charge in [0.2, 0.25) is 0 Å². The summed E-state index contributed by atoms with van der Waals surface area (Å²) in [5.41, 5.74) is 1.53. The van der Waals surface area contributed by atoms with Crippen LogP contribution >= 0.6 is 11.3 Å². The van der Waals surface area contributed by atoms with Gasteiger partial charge in [-0.25, -0.2) is 0 Å². The number of amides is 1. The Morgan fingerprint density at radius 2 is 2.00 bits per heavy atom. The number of nitrogens with one attached hydrogen (secondary N) is 1. The number of anilines is 1. The van der Waals surface area contributed by atoms with E-state index in [1.807, 2.05) is 41.1 Å². The molecule has 1 aromatic carbocycles. The molecule has 0 aliphatic heterocycles. The first-order chi connectivity index (χ1) is 7.79. The molecule has 80 valence electrons. The first-order valence-corrected chi connectivity index (χ1v) is 7.91. The number of hydrogen-bond donors (Lipinski definition) is 1. The van der Waals surface area contributed by atoms with Gasteiger partial charge in [-0.3, -0.25) is 0 Å². The van der Waals surface area contributed by atoms with Crippen molar-refractivity contribution in [2.45, 2.75) is 0 Å². The van der Waals surface area contributed by atoms with Gasteiger partial charge in [-0.2, -0.15) is 0 Å². The molecule has 0 saturated carbocycles. The summed E-state index contributed by atoms with van der Waals surface area (Å²) in [6.45, 7) is 0. The van der Waals surface area contributed by atoms with Crippen LogP contribution in [0.4, 0.5) is 5.69 Å². The molecule has 0 aliphatic rings. The summed E-state index contributed by atoms with van der Waals surface area (Å²) < 4.78 is 1.25. The Bertz CT molecular complexity index is 490. The molecule has 1 amide bonds. The van der Waals surface area contributed by atoms with Crippen molar-refractivity contribution in [3.8, 4) is 0 Å². The fraction of sp³-hybridized carbons (Fsp3) is 0. The average Bonchev–Trinajstić information content (AvgIpc) is 2.83. The van der Waals surface area contributed by atoms with Crippen LogP contribution in [0.2, 0.25) is 0 Å². The van der Waals surface area contributed by atoms with Crippen LogP contribution in [0, 0.1) is 0 Å². The number of hydrogen-bond acceptors (Lipinski definition) is 2. The minimum absolute atomic E-state index is 0.00840. The quantitative estimate of drug-likeness (QED) is 0.858. The molecule has 0 spiro atoms. The van der Waals surface area contributed by atoms with Crippen LogP contribution in [0.25, 0.3) is 0 Å². The fourth-order valence-electron chi connectivity index (χ4n) is 1.25. The molecule has 0 atom stereocenters. The van der Waals surface area contributed by atoms with Gasteiger partial charge in [-0.05, 0) is 0 Å². The Balaban J connectivity index is 2.09. The zero-order chi connectivity index (χ0) is 11.4. The maximum atomic E-state index is 11.7. The molecule has 16 heavy (non-hydrogen) atoms. The van der Waals surface area contributed by atoms with Gasteiger partial charge < -0.3 is 0 Å². The average molecular weight is 291 g/mol. The van der Waals surface area contributed by atoms with Gasteiger partial charge in [-0.15, -0.1) is 0 Å². The standard InChI is InChI=1S/C12H10AsNOS/c1-13-10-2-4-11(5-3-10)14-12(15)9-6-7-16-8-9/h2-8H,1H2,(H,14,15). The van der Waals surface area contributed by atoms with Crippen molar-refractivity contribution in [2.75, 3.05) is 5.32 Å². The number of carbonyl (C=O) groups is 1. The predicted octanol–water partition coefficient (Wildman–Crippen LogP) is 1.76. The summed E-state index contributed by atoms with van der Waals surface area (Å²) in [5, 5.41) is 10.5. The Kier molecular flexibility index (Phi) is 3.70. The Labute approximate surface area is 105 Å². The van der Waals surface area contributed by atoms with Crippen LogP contribution in [-0.2, 0) is 0 Å². The zero-order valence-electron chi connectivity index (χ0n) is 8.51. The molecule has 2 aromatic rings. The second kappa shape index (κ2) is 5.24. The molecule has 0 saturated heterocycles. The molecular formula is C12H10AsNOS. The number of carbonyl (C=O) groups excluding carboxylic acids is 1. The number of rotatable bonds is 3. The van der Waals surface area contributed by atoms with Crippen LogP contribution in [-0.4, -0.2) is 26.5 Å². The number of thiophene rings is 1. The van der Waals surface area contributed by atoms with Crippen LogP contribution in [0.3, 0.4) is 0 Å². The van der Waals surface area contributed by atoms with E-state index in [1.165, 1.54) is 15.7 Å². The molecule has 4 heteroatoms. The van der Waals surface area contributed by atoms with E-state index in [2.05, 4.69) is 10.6 Å². The van der Waals surface area contributed by atoms with Gasteiger partial charge in [-0.1, -0.05) is 0 Å². The Hall–Kier alpha value is -1.18. The van der Waals surface area contributed by atoms with Crippen molar-refractivity contribution in [1.29, 1.82) is 0 Å². The van der Waals surface area contributed by atoms with Gasteiger partial charge in [0.25, 0.3) is 0 Å². The maximum absolute atomic E-state index is 11.7. The number of benzene rings is 1. The molecule has 1 N–H and O–H groups in total.